The zero-order valence-corrected chi connectivity index (χ0v) is 33.1. The Morgan fingerprint density at radius 3 is 1.53 bits per heavy atom. The first-order valence-corrected chi connectivity index (χ1v) is 19.3. The van der Waals surface area contributed by atoms with E-state index in [1.165, 1.54) is 4.90 Å². The lowest BCUT2D eigenvalue weighted by atomic mass is 10.0. The number of benzene rings is 2. The molecule has 0 unspecified atom stereocenters. The Labute approximate surface area is 333 Å². The van der Waals surface area contributed by atoms with Crippen LogP contribution >= 0.6 is 0 Å². The van der Waals surface area contributed by atoms with Gasteiger partial charge in [-0.15, -0.1) is 0 Å². The van der Waals surface area contributed by atoms with Crippen molar-refractivity contribution in [1.29, 1.82) is 0 Å². The van der Waals surface area contributed by atoms with Crippen molar-refractivity contribution in [2.24, 2.45) is 0 Å². The van der Waals surface area contributed by atoms with E-state index in [0.29, 0.717) is 45.2 Å². The van der Waals surface area contributed by atoms with E-state index in [1.807, 2.05) is 12.1 Å². The highest BCUT2D eigenvalue weighted by Gasteiger charge is 2.26. The molecule has 1 aliphatic rings. The first kappa shape index (κ1) is 45.5. The van der Waals surface area contributed by atoms with Gasteiger partial charge in [-0.2, -0.15) is 0 Å². The van der Waals surface area contributed by atoms with Gasteiger partial charge in [0.05, 0.1) is 13.1 Å². The Bertz CT molecular complexity index is 1600. The fourth-order valence-electron chi connectivity index (χ4n) is 5.53. The number of carbonyl (C=O) groups excluding carboxylic acids is 7. The van der Waals surface area contributed by atoms with Gasteiger partial charge in [0.15, 0.2) is 0 Å². The highest BCUT2D eigenvalue weighted by molar-refractivity contribution is 5.90. The Morgan fingerprint density at radius 2 is 1.07 bits per heavy atom. The summed E-state index contributed by atoms with van der Waals surface area (Å²) in [5, 5.41) is 15.7. The smallest absolute Gasteiger partial charge is 0.410 e. The van der Waals surface area contributed by atoms with Gasteiger partial charge in [0, 0.05) is 26.2 Å². The largest absolute Gasteiger partial charge is 0.445 e. The Hall–Kier alpha value is -5.87. The average Bonchev–Trinajstić information content (AvgIpc) is 3.18. The summed E-state index contributed by atoms with van der Waals surface area (Å²) in [7, 11) is 0. The molecule has 57 heavy (non-hydrogen) atoms. The zero-order valence-electron chi connectivity index (χ0n) is 33.1. The molecule has 7 amide bonds. The fourth-order valence-corrected chi connectivity index (χ4v) is 5.53. The second-order valence-corrected chi connectivity index (χ2v) is 14.5. The van der Waals surface area contributed by atoms with Crippen molar-refractivity contribution in [3.63, 3.8) is 0 Å². The summed E-state index contributed by atoms with van der Waals surface area (Å²) in [6.45, 7) is 5.65. The average molecular weight is 796 g/mol. The predicted molar refractivity (Wildman–Crippen MR) is 209 cm³/mol. The zero-order chi connectivity index (χ0) is 41.5. The third-order valence-electron chi connectivity index (χ3n) is 8.48. The molecule has 1 fully saturated rings. The minimum atomic E-state index is -1.10. The summed E-state index contributed by atoms with van der Waals surface area (Å²) in [5.74, 6) is -2.16. The highest BCUT2D eigenvalue weighted by atomic mass is 16.6. The lowest BCUT2D eigenvalue weighted by Gasteiger charge is -2.27. The summed E-state index contributed by atoms with van der Waals surface area (Å²) in [5.41, 5.74) is 0.771. The van der Waals surface area contributed by atoms with Gasteiger partial charge >= 0.3 is 18.3 Å². The van der Waals surface area contributed by atoms with Gasteiger partial charge in [0.2, 0.25) is 23.6 Å². The van der Waals surface area contributed by atoms with Crippen molar-refractivity contribution >= 4 is 41.9 Å². The molecular weight excluding hydrogens is 738 g/mol. The van der Waals surface area contributed by atoms with E-state index in [0.717, 1.165) is 11.1 Å². The number of hydrogen-bond donors (Lipinski definition) is 6. The van der Waals surface area contributed by atoms with E-state index in [-0.39, 0.29) is 52.2 Å². The van der Waals surface area contributed by atoms with Crippen molar-refractivity contribution in [3.8, 4) is 0 Å². The molecule has 0 saturated carbocycles. The van der Waals surface area contributed by atoms with E-state index >= 15 is 0 Å². The van der Waals surface area contributed by atoms with Crippen molar-refractivity contribution < 1.29 is 47.8 Å². The Kier molecular flexibility index (Phi) is 19.6. The maximum Gasteiger partial charge on any atom is 0.410 e. The second-order valence-electron chi connectivity index (χ2n) is 14.5. The summed E-state index contributed by atoms with van der Waals surface area (Å²) in [6, 6.07) is 15.8. The summed E-state index contributed by atoms with van der Waals surface area (Å²) in [4.78, 5) is 91.8. The molecule has 2 atom stereocenters. The number of nitrogens with zero attached hydrogens (tertiary/aromatic N) is 1. The second kappa shape index (κ2) is 24.6. The van der Waals surface area contributed by atoms with Crippen LogP contribution in [0.4, 0.5) is 14.4 Å². The molecule has 3 rings (SSSR count). The topological polar surface area (TPSA) is 223 Å². The Morgan fingerprint density at radius 1 is 0.632 bits per heavy atom. The molecule has 1 heterocycles. The van der Waals surface area contributed by atoms with E-state index in [1.54, 1.807) is 69.3 Å². The minimum absolute atomic E-state index is 0.0280. The van der Waals surface area contributed by atoms with Crippen LogP contribution in [0.15, 0.2) is 60.7 Å². The van der Waals surface area contributed by atoms with Gasteiger partial charge in [-0.3, -0.25) is 19.2 Å². The standard InChI is InChI=1S/C40H57N7O10/c1-40(2,3)57-39(54)47-23-13-12-21-41-33(48)25-43-35(50)31(45-37(52)55-27-29-15-6-4-7-16-29)19-10-11-20-32(36(51)44-26-34(49)42-22-14-24-47)46-38(53)56-28-30-17-8-5-9-18-30/h4-9,15-18,31-32H,10-14,19-28H2,1-3H3,(H,41,48)(H,42,49)(H,43,50)(H,44,51)(H,45,52)(H,46,53)/t31-,32-/m0/s1. The normalized spacial score (nSPS) is 18.9. The molecule has 6 N–H and O–H groups in total. The van der Waals surface area contributed by atoms with Crippen LogP contribution in [0, 0.1) is 0 Å². The fraction of sp³-hybridized carbons (Fsp3) is 0.525. The van der Waals surface area contributed by atoms with Crippen molar-refractivity contribution in [1.82, 2.24) is 36.8 Å². The van der Waals surface area contributed by atoms with Crippen LogP contribution in [-0.4, -0.2) is 104 Å². The van der Waals surface area contributed by atoms with E-state index in [4.69, 9.17) is 14.2 Å². The SMILES string of the molecule is CC(C)(C)OC(=O)N1CCCCNC(=O)CNC(=O)[C@@H](NC(=O)OCc2ccccc2)CCCC[C@H](NC(=O)OCc2ccccc2)C(=O)NCC(=O)NCCC1. The predicted octanol–water partition coefficient (Wildman–Crippen LogP) is 3.02. The molecule has 2 aromatic rings. The third kappa shape index (κ3) is 19.5. The lowest BCUT2D eigenvalue weighted by Crippen LogP contribution is -2.50. The molecule has 0 aromatic heterocycles. The number of ether oxygens (including phenoxy) is 3. The number of carbonyl (C=O) groups is 7. The highest BCUT2D eigenvalue weighted by Crippen LogP contribution is 2.12. The van der Waals surface area contributed by atoms with E-state index < -0.39 is 59.6 Å². The van der Waals surface area contributed by atoms with Crippen LogP contribution in [0.3, 0.4) is 0 Å². The van der Waals surface area contributed by atoms with Gasteiger partial charge < -0.3 is 51.0 Å². The summed E-state index contributed by atoms with van der Waals surface area (Å²) in [6.07, 6.45) is 0.122. The third-order valence-corrected chi connectivity index (χ3v) is 8.48. The quantitative estimate of drug-likeness (QED) is 0.235. The maximum atomic E-state index is 13.3. The molecule has 17 nitrogen and oxygen atoms in total. The van der Waals surface area contributed by atoms with Gasteiger partial charge in [0.25, 0.3) is 0 Å². The molecule has 2 aromatic carbocycles. The number of alkyl carbamates (subject to hydrolysis) is 2. The van der Waals surface area contributed by atoms with Crippen LogP contribution in [0.5, 0.6) is 0 Å². The number of hydrogen-bond acceptors (Lipinski definition) is 10. The van der Waals surface area contributed by atoms with Crippen molar-refractivity contribution in [2.75, 3.05) is 39.3 Å². The van der Waals surface area contributed by atoms with Crippen LogP contribution in [0.1, 0.15) is 76.8 Å². The monoisotopic (exact) mass is 795 g/mol. The van der Waals surface area contributed by atoms with Crippen LogP contribution in [0.2, 0.25) is 0 Å². The Balaban J connectivity index is 1.71. The summed E-state index contributed by atoms with van der Waals surface area (Å²) < 4.78 is 16.2. The van der Waals surface area contributed by atoms with Crippen LogP contribution < -0.4 is 31.9 Å². The first-order valence-electron chi connectivity index (χ1n) is 19.3. The van der Waals surface area contributed by atoms with Gasteiger partial charge in [0.1, 0.15) is 30.9 Å². The number of nitrogens with one attached hydrogen (secondary N) is 6. The number of amides is 7. The van der Waals surface area contributed by atoms with Crippen molar-refractivity contribution in [2.45, 2.75) is 96.6 Å². The molecule has 1 aliphatic heterocycles. The number of rotatable bonds is 6. The molecular formula is C40H57N7O10. The van der Waals surface area contributed by atoms with Gasteiger partial charge in [-0.05, 0) is 64.0 Å². The van der Waals surface area contributed by atoms with E-state index in [9.17, 15) is 33.6 Å². The lowest BCUT2D eigenvalue weighted by molar-refractivity contribution is -0.127. The van der Waals surface area contributed by atoms with Gasteiger partial charge in [-0.1, -0.05) is 73.5 Å². The molecule has 0 aliphatic carbocycles. The molecule has 0 radical (unpaired) electrons. The molecule has 1 saturated heterocycles. The van der Waals surface area contributed by atoms with Crippen LogP contribution in [0.25, 0.3) is 0 Å². The molecule has 0 bridgehead atoms. The van der Waals surface area contributed by atoms with Crippen LogP contribution in [-0.2, 0) is 46.6 Å². The molecule has 17 heteroatoms. The minimum Gasteiger partial charge on any atom is -0.445 e. The first-order chi connectivity index (χ1) is 27.3. The molecule has 0 spiro atoms. The maximum absolute atomic E-state index is 13.3. The molecule has 312 valence electrons. The van der Waals surface area contributed by atoms with E-state index in [2.05, 4.69) is 31.9 Å². The van der Waals surface area contributed by atoms with Crippen molar-refractivity contribution in [3.05, 3.63) is 71.8 Å². The summed E-state index contributed by atoms with van der Waals surface area (Å²) >= 11 is 0. The van der Waals surface area contributed by atoms with Gasteiger partial charge in [-0.25, -0.2) is 14.4 Å².